The van der Waals surface area contributed by atoms with Gasteiger partial charge in [-0.3, -0.25) is 9.89 Å². The van der Waals surface area contributed by atoms with Gasteiger partial charge in [0, 0.05) is 17.1 Å². The van der Waals surface area contributed by atoms with E-state index in [1.807, 2.05) is 24.3 Å². The van der Waals surface area contributed by atoms with Crippen LogP contribution in [-0.4, -0.2) is 9.78 Å². The molecule has 0 atom stereocenters. The molecule has 1 aromatic heterocycles. The van der Waals surface area contributed by atoms with E-state index >= 15 is 0 Å². The Hall–Kier alpha value is -2.29. The number of nitrogens with one attached hydrogen (secondary N) is 1. The number of rotatable bonds is 3. The molecule has 100 valence electrons. The van der Waals surface area contributed by atoms with Crippen molar-refractivity contribution in [2.75, 3.05) is 0 Å². The Kier molecular flexibility index (Phi) is 2.52. The predicted octanol–water partition coefficient (Wildman–Crippen LogP) is 3.27. The van der Waals surface area contributed by atoms with Crippen LogP contribution < -0.4 is 5.56 Å². The van der Waals surface area contributed by atoms with Gasteiger partial charge in [-0.05, 0) is 36.6 Å². The summed E-state index contributed by atoms with van der Waals surface area (Å²) in [4.78, 5) is 12.2. The smallest absolute Gasteiger partial charge is 0.271 e. The van der Waals surface area contributed by atoms with E-state index in [4.69, 9.17) is 0 Å². The van der Waals surface area contributed by atoms with Crippen LogP contribution in [0.15, 0.2) is 53.3 Å². The Morgan fingerprint density at radius 3 is 2.75 bits per heavy atom. The number of hydrogen-bond acceptors (Lipinski definition) is 1. The number of hydrogen-bond donors (Lipinski definition) is 1. The van der Waals surface area contributed by atoms with Crippen LogP contribution in [0.25, 0.3) is 16.5 Å². The summed E-state index contributed by atoms with van der Waals surface area (Å²) in [6, 6.07) is 15.9. The molecule has 3 nitrogen and oxygen atoms in total. The molecule has 0 aliphatic heterocycles. The fourth-order valence-corrected chi connectivity index (χ4v) is 2.76. The van der Waals surface area contributed by atoms with Crippen molar-refractivity contribution in [3.8, 4) is 5.69 Å². The third kappa shape index (κ3) is 1.95. The maximum atomic E-state index is 12.2. The number of H-pyrrole nitrogens is 1. The Morgan fingerprint density at radius 1 is 1.10 bits per heavy atom. The molecule has 0 radical (unpaired) electrons. The first-order chi connectivity index (χ1) is 9.81. The zero-order valence-corrected chi connectivity index (χ0v) is 11.2. The van der Waals surface area contributed by atoms with E-state index in [0.717, 1.165) is 34.5 Å². The van der Waals surface area contributed by atoms with Gasteiger partial charge >= 0.3 is 0 Å². The lowest BCUT2D eigenvalue weighted by Gasteiger charge is -2.06. The normalized spacial score (nSPS) is 14.8. The van der Waals surface area contributed by atoms with Crippen LogP contribution in [0, 0.1) is 5.92 Å². The molecule has 0 saturated heterocycles. The van der Waals surface area contributed by atoms with E-state index in [1.165, 1.54) is 12.8 Å². The van der Waals surface area contributed by atoms with Gasteiger partial charge in [0.25, 0.3) is 5.56 Å². The molecule has 2 aromatic carbocycles. The van der Waals surface area contributed by atoms with Gasteiger partial charge in [-0.1, -0.05) is 36.4 Å². The Bertz CT molecular complexity index is 819. The predicted molar refractivity (Wildman–Crippen MR) is 80.3 cm³/mol. The van der Waals surface area contributed by atoms with E-state index in [9.17, 15) is 4.79 Å². The number of benzene rings is 2. The first-order valence-corrected chi connectivity index (χ1v) is 7.10. The maximum Gasteiger partial charge on any atom is 0.271 e. The van der Waals surface area contributed by atoms with Crippen LogP contribution in [0.3, 0.4) is 0 Å². The zero-order chi connectivity index (χ0) is 13.5. The van der Waals surface area contributed by atoms with Crippen molar-refractivity contribution in [3.05, 3.63) is 64.6 Å². The summed E-state index contributed by atoms with van der Waals surface area (Å²) in [5.74, 6) is 0.772. The highest BCUT2D eigenvalue weighted by Crippen LogP contribution is 2.32. The third-order valence-corrected chi connectivity index (χ3v) is 3.99. The largest absolute Gasteiger partial charge is 0.295 e. The molecule has 3 heteroatoms. The molecule has 4 rings (SSSR count). The van der Waals surface area contributed by atoms with E-state index < -0.39 is 0 Å². The number of aromatic amines is 1. The van der Waals surface area contributed by atoms with Crippen molar-refractivity contribution in [1.29, 1.82) is 0 Å². The van der Waals surface area contributed by atoms with E-state index in [1.54, 1.807) is 10.7 Å². The van der Waals surface area contributed by atoms with Crippen molar-refractivity contribution in [2.24, 2.45) is 5.92 Å². The molecule has 3 aromatic rings. The first kappa shape index (κ1) is 11.5. The Labute approximate surface area is 116 Å². The van der Waals surface area contributed by atoms with Gasteiger partial charge in [0.2, 0.25) is 0 Å². The molecule has 1 N–H and O–H groups in total. The quantitative estimate of drug-likeness (QED) is 0.774. The van der Waals surface area contributed by atoms with Crippen LogP contribution in [-0.2, 0) is 6.42 Å². The van der Waals surface area contributed by atoms with Crippen LogP contribution in [0.2, 0.25) is 0 Å². The summed E-state index contributed by atoms with van der Waals surface area (Å²) in [6.45, 7) is 0. The highest BCUT2D eigenvalue weighted by molar-refractivity contribution is 5.89. The van der Waals surface area contributed by atoms with Crippen molar-refractivity contribution < 1.29 is 0 Å². The van der Waals surface area contributed by atoms with Crippen LogP contribution >= 0.6 is 0 Å². The van der Waals surface area contributed by atoms with Crippen molar-refractivity contribution in [2.45, 2.75) is 19.3 Å². The zero-order valence-electron chi connectivity index (χ0n) is 11.2. The van der Waals surface area contributed by atoms with Crippen molar-refractivity contribution in [3.63, 3.8) is 0 Å². The number of aromatic nitrogens is 2. The molecular weight excluding hydrogens is 248 g/mol. The molecule has 1 fully saturated rings. The van der Waals surface area contributed by atoms with Crippen LogP contribution in [0.1, 0.15) is 18.5 Å². The Balaban J connectivity index is 1.86. The lowest BCUT2D eigenvalue weighted by molar-refractivity contribution is 0.761. The molecule has 0 bridgehead atoms. The summed E-state index contributed by atoms with van der Waals surface area (Å²) < 4.78 is 1.67. The number of fused-ring (bicyclic) bond motifs is 1. The lowest BCUT2D eigenvalue weighted by atomic mass is 10.1. The van der Waals surface area contributed by atoms with Gasteiger partial charge in [-0.25, -0.2) is 4.68 Å². The van der Waals surface area contributed by atoms with Gasteiger partial charge in [-0.2, -0.15) is 0 Å². The second kappa shape index (κ2) is 4.37. The lowest BCUT2D eigenvalue weighted by Crippen LogP contribution is -2.13. The highest BCUT2D eigenvalue weighted by atomic mass is 16.1. The van der Waals surface area contributed by atoms with Gasteiger partial charge in [0.05, 0.1) is 5.69 Å². The van der Waals surface area contributed by atoms with E-state index in [2.05, 4.69) is 23.3 Å². The van der Waals surface area contributed by atoms with Crippen LogP contribution in [0.4, 0.5) is 0 Å². The third-order valence-electron chi connectivity index (χ3n) is 3.99. The summed E-state index contributed by atoms with van der Waals surface area (Å²) in [5.41, 5.74) is 2.00. The highest BCUT2D eigenvalue weighted by Gasteiger charge is 2.22. The SMILES string of the molecule is O=c1cc(CC2CC2)[nH]n1-c1cccc2ccccc12. The van der Waals surface area contributed by atoms with Crippen LogP contribution in [0.5, 0.6) is 0 Å². The van der Waals surface area contributed by atoms with E-state index in [-0.39, 0.29) is 5.56 Å². The fourth-order valence-electron chi connectivity index (χ4n) is 2.76. The van der Waals surface area contributed by atoms with Gasteiger partial charge in [0.15, 0.2) is 0 Å². The minimum absolute atomic E-state index is 0.0250. The molecular formula is C17H16N2O. The fraction of sp³-hybridized carbons (Fsp3) is 0.235. The molecule has 1 aliphatic rings. The molecule has 20 heavy (non-hydrogen) atoms. The molecule has 0 unspecified atom stereocenters. The minimum Gasteiger partial charge on any atom is -0.295 e. The second-order valence-corrected chi connectivity index (χ2v) is 5.60. The monoisotopic (exact) mass is 264 g/mol. The van der Waals surface area contributed by atoms with E-state index in [0.29, 0.717) is 0 Å². The summed E-state index contributed by atoms with van der Waals surface area (Å²) >= 11 is 0. The maximum absolute atomic E-state index is 12.2. The summed E-state index contributed by atoms with van der Waals surface area (Å²) in [5, 5.41) is 5.51. The molecule has 1 aliphatic carbocycles. The van der Waals surface area contributed by atoms with Gasteiger partial charge < -0.3 is 0 Å². The second-order valence-electron chi connectivity index (χ2n) is 5.60. The molecule has 1 heterocycles. The average Bonchev–Trinajstić information content (AvgIpc) is 3.20. The summed E-state index contributed by atoms with van der Waals surface area (Å²) in [7, 11) is 0. The topological polar surface area (TPSA) is 37.8 Å². The average molecular weight is 264 g/mol. The Morgan fingerprint density at radius 2 is 1.90 bits per heavy atom. The van der Waals surface area contributed by atoms with Gasteiger partial charge in [-0.15, -0.1) is 0 Å². The van der Waals surface area contributed by atoms with Crippen molar-refractivity contribution >= 4 is 10.8 Å². The molecule has 0 spiro atoms. The minimum atomic E-state index is 0.0250. The first-order valence-electron chi connectivity index (χ1n) is 7.10. The number of nitrogens with zero attached hydrogens (tertiary/aromatic N) is 1. The van der Waals surface area contributed by atoms with Gasteiger partial charge in [0.1, 0.15) is 0 Å². The van der Waals surface area contributed by atoms with Crippen molar-refractivity contribution in [1.82, 2.24) is 9.78 Å². The standard InChI is InChI=1S/C17H16N2O/c20-17-11-14(10-12-8-9-12)18-19(17)16-7-3-5-13-4-1-2-6-15(13)16/h1-7,11-12,18H,8-10H2. The molecule has 0 amide bonds. The summed E-state index contributed by atoms with van der Waals surface area (Å²) in [6.07, 6.45) is 3.58. The molecule has 1 saturated carbocycles.